The topological polar surface area (TPSA) is 43.8 Å². The first-order valence-corrected chi connectivity index (χ1v) is 6.79. The second kappa shape index (κ2) is 5.57. The minimum atomic E-state index is -0.341. The molecule has 0 aliphatic rings. The number of aryl methyl sites for hydroxylation is 1. The van der Waals surface area contributed by atoms with Gasteiger partial charge in [0.2, 0.25) is 0 Å². The van der Waals surface area contributed by atoms with Crippen LogP contribution in [0.15, 0.2) is 35.3 Å². The van der Waals surface area contributed by atoms with Gasteiger partial charge >= 0.3 is 0 Å². The largest absolute Gasteiger partial charge is 0.383 e. The molecule has 100 valence electrons. The fourth-order valence-corrected chi connectivity index (χ4v) is 2.33. The molecule has 0 aliphatic carbocycles. The normalized spacial score (nSPS) is 10.7. The van der Waals surface area contributed by atoms with Crippen LogP contribution in [0, 0.1) is 5.82 Å². The van der Waals surface area contributed by atoms with Crippen molar-refractivity contribution >= 4 is 21.7 Å². The Balaban J connectivity index is 2.59. The second-order valence-electron chi connectivity index (χ2n) is 4.14. The molecule has 0 unspecified atom stereocenters. The summed E-state index contributed by atoms with van der Waals surface area (Å²) in [7, 11) is 0. The summed E-state index contributed by atoms with van der Waals surface area (Å²) in [6, 6.07) is 4.86. The Bertz CT molecular complexity index is 619. The van der Waals surface area contributed by atoms with Gasteiger partial charge in [-0.1, -0.05) is 28.9 Å². The number of imidazole rings is 1. The summed E-state index contributed by atoms with van der Waals surface area (Å²) in [5.74, 6) is 0.958. The molecule has 1 aromatic carbocycles. The van der Waals surface area contributed by atoms with E-state index in [1.165, 1.54) is 6.07 Å². The quantitative estimate of drug-likeness (QED) is 0.870. The van der Waals surface area contributed by atoms with E-state index < -0.39 is 0 Å². The van der Waals surface area contributed by atoms with E-state index in [4.69, 9.17) is 5.73 Å². The van der Waals surface area contributed by atoms with Crippen LogP contribution in [-0.4, -0.2) is 9.55 Å². The lowest BCUT2D eigenvalue weighted by Crippen LogP contribution is -2.05. The van der Waals surface area contributed by atoms with Crippen LogP contribution in [0.1, 0.15) is 12.7 Å². The molecule has 0 atom stereocenters. The van der Waals surface area contributed by atoms with Crippen LogP contribution >= 0.6 is 15.9 Å². The van der Waals surface area contributed by atoms with Crippen molar-refractivity contribution in [1.82, 2.24) is 9.55 Å². The predicted molar refractivity (Wildman–Crippen MR) is 79.3 cm³/mol. The lowest BCUT2D eigenvalue weighted by molar-refractivity contribution is 0.630. The zero-order chi connectivity index (χ0) is 14.0. The van der Waals surface area contributed by atoms with E-state index in [9.17, 15) is 4.39 Å². The molecule has 1 aromatic heterocycles. The number of aromatic nitrogens is 2. The number of nitrogens with two attached hydrogens (primary N) is 1. The Morgan fingerprint density at radius 2 is 2.26 bits per heavy atom. The number of anilines is 1. The lowest BCUT2D eigenvalue weighted by atomic mass is 10.1. The van der Waals surface area contributed by atoms with Crippen LogP contribution in [0.5, 0.6) is 0 Å². The molecule has 5 heteroatoms. The van der Waals surface area contributed by atoms with Crippen LogP contribution in [0.3, 0.4) is 0 Å². The van der Waals surface area contributed by atoms with Crippen molar-refractivity contribution in [2.75, 3.05) is 5.73 Å². The predicted octanol–water partition coefficient (Wildman–Crippen LogP) is 3.78. The van der Waals surface area contributed by atoms with Gasteiger partial charge in [0, 0.05) is 23.0 Å². The van der Waals surface area contributed by atoms with Crippen LogP contribution in [0.4, 0.5) is 10.2 Å². The standard InChI is InChI=1S/C14H15BrFN3/c1-3-7-19-12(4-2)18-13(14(19)17)10-6-5-9(15)8-11(10)16/h3,5-6,8H,1,4,7,17H2,2H3. The van der Waals surface area contributed by atoms with Gasteiger partial charge in [0.15, 0.2) is 0 Å². The molecular formula is C14H15BrFN3. The number of nitrogen functional groups attached to an aromatic ring is 1. The molecule has 0 saturated carbocycles. The van der Waals surface area contributed by atoms with Gasteiger partial charge in [0.1, 0.15) is 23.2 Å². The van der Waals surface area contributed by atoms with Crippen molar-refractivity contribution in [3.8, 4) is 11.3 Å². The van der Waals surface area contributed by atoms with E-state index in [1.807, 2.05) is 11.5 Å². The summed E-state index contributed by atoms with van der Waals surface area (Å²) in [6.07, 6.45) is 2.48. The molecule has 2 rings (SSSR count). The molecule has 0 fully saturated rings. The SMILES string of the molecule is C=CCn1c(CC)nc(-c2ccc(Br)cc2F)c1N. The van der Waals surface area contributed by atoms with Crippen LogP contribution < -0.4 is 5.73 Å². The molecule has 0 aliphatic heterocycles. The third-order valence-electron chi connectivity index (χ3n) is 2.90. The summed E-state index contributed by atoms with van der Waals surface area (Å²) >= 11 is 3.24. The van der Waals surface area contributed by atoms with Crippen molar-refractivity contribution < 1.29 is 4.39 Å². The summed E-state index contributed by atoms with van der Waals surface area (Å²) < 4.78 is 16.5. The maximum atomic E-state index is 14.0. The second-order valence-corrected chi connectivity index (χ2v) is 5.05. The number of hydrogen-bond acceptors (Lipinski definition) is 2. The van der Waals surface area contributed by atoms with Crippen molar-refractivity contribution in [3.05, 3.63) is 47.0 Å². The highest BCUT2D eigenvalue weighted by atomic mass is 79.9. The molecule has 0 spiro atoms. The Morgan fingerprint density at radius 3 is 2.84 bits per heavy atom. The highest BCUT2D eigenvalue weighted by molar-refractivity contribution is 9.10. The first-order chi connectivity index (χ1) is 9.08. The van der Waals surface area contributed by atoms with Gasteiger partial charge in [0.25, 0.3) is 0 Å². The van der Waals surface area contributed by atoms with Gasteiger partial charge in [0.05, 0.1) is 0 Å². The maximum Gasteiger partial charge on any atom is 0.133 e. The fraction of sp³-hybridized carbons (Fsp3) is 0.214. The first-order valence-electron chi connectivity index (χ1n) is 5.99. The van der Waals surface area contributed by atoms with Gasteiger partial charge in [-0.2, -0.15) is 0 Å². The Morgan fingerprint density at radius 1 is 1.53 bits per heavy atom. The van der Waals surface area contributed by atoms with Gasteiger partial charge in [-0.3, -0.25) is 0 Å². The molecule has 1 heterocycles. The number of allylic oxidation sites excluding steroid dienone is 1. The van der Waals surface area contributed by atoms with E-state index >= 15 is 0 Å². The van der Waals surface area contributed by atoms with E-state index in [1.54, 1.807) is 18.2 Å². The van der Waals surface area contributed by atoms with E-state index in [2.05, 4.69) is 27.5 Å². The molecular weight excluding hydrogens is 309 g/mol. The number of benzene rings is 1. The average Bonchev–Trinajstić information content (AvgIpc) is 2.68. The minimum absolute atomic E-state index is 0.341. The van der Waals surface area contributed by atoms with E-state index in [0.717, 1.165) is 12.2 Å². The van der Waals surface area contributed by atoms with E-state index in [0.29, 0.717) is 28.1 Å². The molecule has 0 bridgehead atoms. The number of hydrogen-bond donors (Lipinski definition) is 1. The van der Waals surface area contributed by atoms with Crippen molar-refractivity contribution in [2.45, 2.75) is 19.9 Å². The zero-order valence-corrected chi connectivity index (χ0v) is 12.2. The molecule has 2 N–H and O–H groups in total. The number of rotatable bonds is 4. The molecule has 0 radical (unpaired) electrons. The zero-order valence-electron chi connectivity index (χ0n) is 10.7. The highest BCUT2D eigenvalue weighted by Gasteiger charge is 2.17. The van der Waals surface area contributed by atoms with Crippen LogP contribution in [0.2, 0.25) is 0 Å². The average molecular weight is 324 g/mol. The van der Waals surface area contributed by atoms with Crippen molar-refractivity contribution in [1.29, 1.82) is 0 Å². The van der Waals surface area contributed by atoms with Gasteiger partial charge in [-0.05, 0) is 18.2 Å². The monoisotopic (exact) mass is 323 g/mol. The minimum Gasteiger partial charge on any atom is -0.383 e. The third-order valence-corrected chi connectivity index (χ3v) is 3.39. The van der Waals surface area contributed by atoms with Crippen molar-refractivity contribution in [3.63, 3.8) is 0 Å². The van der Waals surface area contributed by atoms with Gasteiger partial charge in [-0.25, -0.2) is 9.37 Å². The Kier molecular flexibility index (Phi) is 4.04. The highest BCUT2D eigenvalue weighted by Crippen LogP contribution is 2.30. The first kappa shape index (κ1) is 13.8. The molecule has 0 saturated heterocycles. The van der Waals surface area contributed by atoms with Gasteiger partial charge in [-0.15, -0.1) is 6.58 Å². The van der Waals surface area contributed by atoms with Crippen LogP contribution in [-0.2, 0) is 13.0 Å². The molecule has 19 heavy (non-hydrogen) atoms. The summed E-state index contributed by atoms with van der Waals surface area (Å²) in [5, 5.41) is 0. The van der Waals surface area contributed by atoms with Crippen LogP contribution in [0.25, 0.3) is 11.3 Å². The Hall–Kier alpha value is -1.62. The third kappa shape index (κ3) is 2.56. The summed E-state index contributed by atoms with van der Waals surface area (Å²) in [5.41, 5.74) is 6.98. The van der Waals surface area contributed by atoms with E-state index in [-0.39, 0.29) is 5.82 Å². The lowest BCUT2D eigenvalue weighted by Gasteiger charge is -2.05. The number of halogens is 2. The Labute approximate surface area is 120 Å². The molecule has 3 nitrogen and oxygen atoms in total. The summed E-state index contributed by atoms with van der Waals surface area (Å²) in [6.45, 7) is 6.26. The fourth-order valence-electron chi connectivity index (χ4n) is 2.00. The van der Waals surface area contributed by atoms with Crippen molar-refractivity contribution in [2.24, 2.45) is 0 Å². The summed E-state index contributed by atoms with van der Waals surface area (Å²) in [4.78, 5) is 4.44. The molecule has 0 amide bonds. The number of nitrogens with zero attached hydrogens (tertiary/aromatic N) is 2. The molecule has 2 aromatic rings. The van der Waals surface area contributed by atoms with Gasteiger partial charge < -0.3 is 10.3 Å². The maximum absolute atomic E-state index is 14.0. The smallest absolute Gasteiger partial charge is 0.133 e.